The molecule has 3 aromatic rings. The number of aromatic nitrogens is 1. The van der Waals surface area contributed by atoms with Crippen LogP contribution in [0.2, 0.25) is 0 Å². The van der Waals surface area contributed by atoms with Crippen molar-refractivity contribution < 1.29 is 4.79 Å². The molecule has 22 heavy (non-hydrogen) atoms. The normalized spacial score (nSPS) is 10.6. The zero-order chi connectivity index (χ0) is 15.5. The summed E-state index contributed by atoms with van der Waals surface area (Å²) < 4.78 is 0. The van der Waals surface area contributed by atoms with Crippen LogP contribution in [0.4, 0.5) is 5.69 Å². The van der Waals surface area contributed by atoms with Crippen molar-refractivity contribution in [1.82, 2.24) is 4.98 Å². The van der Waals surface area contributed by atoms with Gasteiger partial charge in [0, 0.05) is 36.9 Å². The number of hydrogen-bond donors (Lipinski definition) is 0. The zero-order valence-electron chi connectivity index (χ0n) is 12.8. The van der Waals surface area contributed by atoms with Crippen molar-refractivity contribution in [2.75, 3.05) is 19.0 Å². The number of carbonyl (C=O) groups excluding carboxylic acids is 1. The predicted octanol–water partition coefficient (Wildman–Crippen LogP) is 3.73. The van der Waals surface area contributed by atoms with Gasteiger partial charge < -0.3 is 4.90 Å². The Balaban J connectivity index is 1.87. The molecule has 3 nitrogen and oxygen atoms in total. The largest absolute Gasteiger partial charge is 0.378 e. The quantitative estimate of drug-likeness (QED) is 0.686. The lowest BCUT2D eigenvalue weighted by atomic mass is 10.0. The van der Waals surface area contributed by atoms with Crippen molar-refractivity contribution in [1.29, 1.82) is 0 Å². The molecular formula is C19H18N2O. The van der Waals surface area contributed by atoms with E-state index in [-0.39, 0.29) is 5.78 Å². The van der Waals surface area contributed by atoms with Gasteiger partial charge in [-0.25, -0.2) is 0 Å². The topological polar surface area (TPSA) is 33.2 Å². The predicted molar refractivity (Wildman–Crippen MR) is 90.5 cm³/mol. The summed E-state index contributed by atoms with van der Waals surface area (Å²) in [7, 11) is 3.97. The fourth-order valence-corrected chi connectivity index (χ4v) is 2.52. The summed E-state index contributed by atoms with van der Waals surface area (Å²) >= 11 is 0. The van der Waals surface area contributed by atoms with Gasteiger partial charge in [0.1, 0.15) is 0 Å². The minimum absolute atomic E-state index is 0.0918. The van der Waals surface area contributed by atoms with E-state index in [9.17, 15) is 4.79 Å². The van der Waals surface area contributed by atoms with E-state index in [4.69, 9.17) is 0 Å². The molecule has 0 unspecified atom stereocenters. The molecule has 1 heterocycles. The highest BCUT2D eigenvalue weighted by Crippen LogP contribution is 2.19. The molecule has 0 amide bonds. The van der Waals surface area contributed by atoms with E-state index in [1.165, 1.54) is 0 Å². The summed E-state index contributed by atoms with van der Waals surface area (Å²) in [5.41, 5.74) is 2.64. The van der Waals surface area contributed by atoms with E-state index >= 15 is 0 Å². The van der Waals surface area contributed by atoms with Gasteiger partial charge in [-0.2, -0.15) is 0 Å². The number of benzene rings is 2. The third kappa shape index (κ3) is 2.84. The first-order valence-electron chi connectivity index (χ1n) is 7.28. The van der Waals surface area contributed by atoms with Crippen LogP contribution in [0.5, 0.6) is 0 Å². The Labute approximate surface area is 130 Å². The number of anilines is 1. The molecule has 0 spiro atoms. The summed E-state index contributed by atoms with van der Waals surface area (Å²) in [6.45, 7) is 0. The first-order valence-corrected chi connectivity index (χ1v) is 7.28. The van der Waals surface area contributed by atoms with Gasteiger partial charge in [-0.15, -0.1) is 0 Å². The van der Waals surface area contributed by atoms with Gasteiger partial charge in [-0.3, -0.25) is 9.78 Å². The molecule has 0 saturated carbocycles. The van der Waals surface area contributed by atoms with Crippen LogP contribution in [0.1, 0.15) is 16.1 Å². The molecule has 0 saturated heterocycles. The Kier molecular flexibility index (Phi) is 3.88. The Bertz CT molecular complexity index is 802. The highest BCUT2D eigenvalue weighted by Gasteiger charge is 2.10. The third-order valence-electron chi connectivity index (χ3n) is 3.79. The fourth-order valence-electron chi connectivity index (χ4n) is 2.52. The average Bonchev–Trinajstić information content (AvgIpc) is 2.55. The highest BCUT2D eigenvalue weighted by atomic mass is 16.1. The summed E-state index contributed by atoms with van der Waals surface area (Å²) in [6.07, 6.45) is 2.09. The van der Waals surface area contributed by atoms with Crippen LogP contribution in [0, 0.1) is 0 Å². The lowest BCUT2D eigenvalue weighted by molar-refractivity contribution is 0.0992. The monoisotopic (exact) mass is 290 g/mol. The van der Waals surface area contributed by atoms with E-state index in [2.05, 4.69) is 4.98 Å². The van der Waals surface area contributed by atoms with Crippen LogP contribution in [-0.2, 0) is 6.42 Å². The van der Waals surface area contributed by atoms with Crippen molar-refractivity contribution in [3.63, 3.8) is 0 Å². The molecular weight excluding hydrogens is 272 g/mol. The first kappa shape index (κ1) is 14.3. The molecule has 3 rings (SSSR count). The Hall–Kier alpha value is -2.68. The summed E-state index contributed by atoms with van der Waals surface area (Å²) in [4.78, 5) is 18.9. The molecule has 0 atom stereocenters. The maximum Gasteiger partial charge on any atom is 0.168 e. The van der Waals surface area contributed by atoms with E-state index in [1.54, 1.807) is 6.20 Å². The molecule has 1 aromatic heterocycles. The maximum absolute atomic E-state index is 12.5. The van der Waals surface area contributed by atoms with E-state index in [1.807, 2.05) is 73.6 Å². The standard InChI is InChI=1S/C19H18N2O/c1-21(2)16-9-7-15(8-10-16)19(22)13-18-17-6-4-3-5-14(17)11-12-20-18/h3-12H,13H2,1-2H3. The Morgan fingerprint density at radius 1 is 1.00 bits per heavy atom. The number of ketones is 1. The highest BCUT2D eigenvalue weighted by molar-refractivity contribution is 5.99. The molecule has 0 aliphatic heterocycles. The summed E-state index contributed by atoms with van der Waals surface area (Å²) in [5.74, 6) is 0.0918. The smallest absolute Gasteiger partial charge is 0.168 e. The van der Waals surface area contributed by atoms with Crippen molar-refractivity contribution in [3.05, 3.63) is 72.1 Å². The van der Waals surface area contributed by atoms with Crippen LogP contribution in [0.25, 0.3) is 10.8 Å². The number of carbonyl (C=O) groups is 1. The molecule has 0 aliphatic rings. The Morgan fingerprint density at radius 3 is 2.45 bits per heavy atom. The van der Waals surface area contributed by atoms with Crippen molar-refractivity contribution in [2.24, 2.45) is 0 Å². The fraction of sp³-hybridized carbons (Fsp3) is 0.158. The molecule has 2 aromatic carbocycles. The maximum atomic E-state index is 12.5. The van der Waals surface area contributed by atoms with Crippen LogP contribution in [-0.4, -0.2) is 24.9 Å². The van der Waals surface area contributed by atoms with Crippen molar-refractivity contribution in [3.8, 4) is 0 Å². The van der Waals surface area contributed by atoms with Gasteiger partial charge in [-0.1, -0.05) is 24.3 Å². The summed E-state index contributed by atoms with van der Waals surface area (Å²) in [6, 6.07) is 17.7. The van der Waals surface area contributed by atoms with Crippen LogP contribution in [0.15, 0.2) is 60.8 Å². The molecule has 0 fully saturated rings. The Morgan fingerprint density at radius 2 is 1.73 bits per heavy atom. The lowest BCUT2D eigenvalue weighted by Gasteiger charge is -2.12. The zero-order valence-corrected chi connectivity index (χ0v) is 12.8. The second-order valence-corrected chi connectivity index (χ2v) is 5.52. The molecule has 0 aliphatic carbocycles. The van der Waals surface area contributed by atoms with Crippen molar-refractivity contribution >= 4 is 22.2 Å². The van der Waals surface area contributed by atoms with E-state index < -0.39 is 0 Å². The van der Waals surface area contributed by atoms with Gasteiger partial charge in [-0.05, 0) is 35.7 Å². The number of fused-ring (bicyclic) bond motifs is 1. The number of nitrogens with zero attached hydrogens (tertiary/aromatic N) is 2. The second-order valence-electron chi connectivity index (χ2n) is 5.52. The van der Waals surface area contributed by atoms with Gasteiger partial charge in [0.25, 0.3) is 0 Å². The molecule has 110 valence electrons. The number of Topliss-reactive ketones (excluding diaryl/α,β-unsaturated/α-hetero) is 1. The second kappa shape index (κ2) is 5.98. The average molecular weight is 290 g/mol. The first-order chi connectivity index (χ1) is 10.6. The van der Waals surface area contributed by atoms with Crippen LogP contribution in [0.3, 0.4) is 0 Å². The van der Waals surface area contributed by atoms with Crippen LogP contribution < -0.4 is 4.90 Å². The van der Waals surface area contributed by atoms with Crippen molar-refractivity contribution in [2.45, 2.75) is 6.42 Å². The number of hydrogen-bond acceptors (Lipinski definition) is 3. The van der Waals surface area contributed by atoms with Gasteiger partial charge in [0.05, 0.1) is 12.1 Å². The van der Waals surface area contributed by atoms with Gasteiger partial charge in [0.2, 0.25) is 0 Å². The minimum Gasteiger partial charge on any atom is -0.378 e. The molecule has 0 radical (unpaired) electrons. The number of pyridine rings is 1. The lowest BCUT2D eigenvalue weighted by Crippen LogP contribution is -2.09. The SMILES string of the molecule is CN(C)c1ccc(C(=O)Cc2nccc3ccccc23)cc1. The van der Waals surface area contributed by atoms with Crippen LogP contribution >= 0.6 is 0 Å². The van der Waals surface area contributed by atoms with E-state index in [0.29, 0.717) is 6.42 Å². The summed E-state index contributed by atoms with van der Waals surface area (Å²) in [5, 5.41) is 2.16. The molecule has 0 N–H and O–H groups in total. The third-order valence-corrected chi connectivity index (χ3v) is 3.79. The van der Waals surface area contributed by atoms with Gasteiger partial charge >= 0.3 is 0 Å². The molecule has 3 heteroatoms. The number of rotatable bonds is 4. The minimum atomic E-state index is 0.0918. The van der Waals surface area contributed by atoms with E-state index in [0.717, 1.165) is 27.7 Å². The molecule has 0 bridgehead atoms. The van der Waals surface area contributed by atoms with Gasteiger partial charge in [0.15, 0.2) is 5.78 Å².